The molecule has 2 N–H and O–H groups in total. The molecule has 0 aliphatic rings. The van der Waals surface area contributed by atoms with Gasteiger partial charge in [0.1, 0.15) is 17.1 Å². The number of nitrogens with zero attached hydrogens (tertiary/aromatic N) is 5. The molecule has 3 heterocycles. The van der Waals surface area contributed by atoms with Gasteiger partial charge in [0.15, 0.2) is 11.4 Å². The lowest BCUT2D eigenvalue weighted by Crippen LogP contribution is -2.00. The molecule has 0 unspecified atom stereocenters. The Morgan fingerprint density at radius 3 is 2.45 bits per heavy atom. The van der Waals surface area contributed by atoms with Crippen molar-refractivity contribution in [2.75, 3.05) is 5.32 Å². The van der Waals surface area contributed by atoms with Gasteiger partial charge in [-0.05, 0) is 72.0 Å². The van der Waals surface area contributed by atoms with E-state index in [-0.39, 0.29) is 6.61 Å². The average Bonchev–Trinajstić information content (AvgIpc) is 3.38. The first-order chi connectivity index (χ1) is 18.6. The summed E-state index contributed by atoms with van der Waals surface area (Å²) in [7, 11) is 0. The van der Waals surface area contributed by atoms with Crippen LogP contribution in [0.3, 0.4) is 0 Å². The number of fused-ring (bicyclic) bond motifs is 2. The summed E-state index contributed by atoms with van der Waals surface area (Å²) in [5.74, 6) is 1.07. The fourth-order valence-corrected chi connectivity index (χ4v) is 4.72. The van der Waals surface area contributed by atoms with Gasteiger partial charge in [0, 0.05) is 29.8 Å². The number of aliphatic hydroxyl groups excluding tert-OH is 1. The zero-order valence-electron chi connectivity index (χ0n) is 20.7. The summed E-state index contributed by atoms with van der Waals surface area (Å²) < 4.78 is 6.07. The first-order valence-corrected chi connectivity index (χ1v) is 12.0. The molecule has 0 radical (unpaired) electrons. The van der Waals surface area contributed by atoms with Gasteiger partial charge in [0.25, 0.3) is 0 Å². The highest BCUT2D eigenvalue weighted by molar-refractivity contribution is 5.89. The first kappa shape index (κ1) is 23.3. The summed E-state index contributed by atoms with van der Waals surface area (Å²) in [6.07, 6.45) is 5.04. The summed E-state index contributed by atoms with van der Waals surface area (Å²) >= 11 is 0. The van der Waals surface area contributed by atoms with Crippen LogP contribution in [0.4, 0.5) is 11.5 Å². The number of pyridine rings is 1. The number of aromatic nitrogens is 4. The highest BCUT2D eigenvalue weighted by Crippen LogP contribution is 2.37. The third-order valence-corrected chi connectivity index (χ3v) is 6.68. The van der Waals surface area contributed by atoms with Gasteiger partial charge in [-0.2, -0.15) is 5.26 Å². The first-order valence-electron chi connectivity index (χ1n) is 12.0. The minimum Gasteiger partial charge on any atom is -0.435 e. The molecular weight excluding hydrogens is 476 g/mol. The van der Waals surface area contributed by atoms with Crippen LogP contribution in [0.15, 0.2) is 77.6 Å². The number of rotatable bonds is 5. The van der Waals surface area contributed by atoms with Crippen LogP contribution in [-0.4, -0.2) is 25.0 Å². The maximum absolute atomic E-state index is 9.57. The SMILES string of the molecule is Cc1c(Nc2nccc3nccnc23)cccc1-c1cccc(-c2nc3cc(CO)cc(C#N)c3o2)c1C. The van der Waals surface area contributed by atoms with Crippen LogP contribution in [0.5, 0.6) is 0 Å². The molecule has 8 heteroatoms. The number of hydrogen-bond acceptors (Lipinski definition) is 8. The van der Waals surface area contributed by atoms with Gasteiger partial charge in [0.2, 0.25) is 5.89 Å². The average molecular weight is 499 g/mol. The Balaban J connectivity index is 1.43. The molecule has 3 aromatic heterocycles. The zero-order valence-corrected chi connectivity index (χ0v) is 20.7. The second-order valence-corrected chi connectivity index (χ2v) is 8.95. The fraction of sp³-hybridized carbons (Fsp3) is 0.100. The summed E-state index contributed by atoms with van der Waals surface area (Å²) in [6, 6.07) is 19.4. The lowest BCUT2D eigenvalue weighted by Gasteiger charge is -2.16. The van der Waals surface area contributed by atoms with Crippen LogP contribution in [0.2, 0.25) is 0 Å². The van der Waals surface area contributed by atoms with Crippen molar-refractivity contribution in [1.29, 1.82) is 5.26 Å². The molecular formula is C30H22N6O2. The number of benzene rings is 3. The molecule has 0 amide bonds. The normalized spacial score (nSPS) is 11.1. The maximum atomic E-state index is 9.57. The number of oxazole rings is 1. The molecule has 184 valence electrons. The van der Waals surface area contributed by atoms with Gasteiger partial charge in [-0.3, -0.25) is 4.98 Å². The summed E-state index contributed by atoms with van der Waals surface area (Å²) in [5.41, 5.74) is 9.27. The van der Waals surface area contributed by atoms with Crippen LogP contribution in [0.1, 0.15) is 22.3 Å². The number of nitrogens with one attached hydrogen (secondary N) is 1. The summed E-state index contributed by atoms with van der Waals surface area (Å²) in [5, 5.41) is 22.6. The van der Waals surface area contributed by atoms with E-state index in [1.807, 2.05) is 37.3 Å². The van der Waals surface area contributed by atoms with Crippen molar-refractivity contribution in [2.24, 2.45) is 0 Å². The molecule has 0 aliphatic heterocycles. The zero-order chi connectivity index (χ0) is 26.2. The van der Waals surface area contributed by atoms with E-state index in [2.05, 4.69) is 50.4 Å². The van der Waals surface area contributed by atoms with Crippen LogP contribution < -0.4 is 5.32 Å². The van der Waals surface area contributed by atoms with Crippen LogP contribution in [0, 0.1) is 25.2 Å². The van der Waals surface area contributed by atoms with Crippen molar-refractivity contribution in [2.45, 2.75) is 20.5 Å². The van der Waals surface area contributed by atoms with E-state index in [1.165, 1.54) is 0 Å². The molecule has 0 fully saturated rings. The second kappa shape index (κ2) is 9.39. The monoisotopic (exact) mass is 498 g/mol. The van der Waals surface area contributed by atoms with Crippen molar-refractivity contribution in [1.82, 2.24) is 19.9 Å². The molecule has 6 rings (SSSR count). The van der Waals surface area contributed by atoms with Crippen LogP contribution >= 0.6 is 0 Å². The molecule has 0 aliphatic carbocycles. The van der Waals surface area contributed by atoms with Crippen molar-refractivity contribution in [3.8, 4) is 28.7 Å². The number of aliphatic hydroxyl groups is 1. The quantitative estimate of drug-likeness (QED) is 0.287. The van der Waals surface area contributed by atoms with Gasteiger partial charge in [0.05, 0.1) is 17.7 Å². The molecule has 0 bridgehead atoms. The summed E-state index contributed by atoms with van der Waals surface area (Å²) in [6.45, 7) is 3.92. The van der Waals surface area contributed by atoms with Crippen LogP contribution in [-0.2, 0) is 6.61 Å². The number of nitriles is 1. The Labute approximate surface area is 218 Å². The van der Waals surface area contributed by atoms with E-state index in [4.69, 9.17) is 4.42 Å². The Morgan fingerprint density at radius 2 is 1.63 bits per heavy atom. The maximum Gasteiger partial charge on any atom is 0.227 e. The Kier molecular flexibility index (Phi) is 5.75. The highest BCUT2D eigenvalue weighted by Gasteiger charge is 2.18. The molecule has 38 heavy (non-hydrogen) atoms. The minimum absolute atomic E-state index is 0.175. The highest BCUT2D eigenvalue weighted by atomic mass is 16.3. The van der Waals surface area contributed by atoms with Crippen molar-refractivity contribution >= 4 is 33.6 Å². The summed E-state index contributed by atoms with van der Waals surface area (Å²) in [4.78, 5) is 18.0. The van der Waals surface area contributed by atoms with E-state index in [9.17, 15) is 10.4 Å². The van der Waals surface area contributed by atoms with Crippen molar-refractivity contribution in [3.05, 3.63) is 95.4 Å². The molecule has 0 atom stereocenters. The molecule has 3 aromatic carbocycles. The third kappa shape index (κ3) is 3.92. The van der Waals surface area contributed by atoms with E-state index in [0.29, 0.717) is 39.5 Å². The smallest absolute Gasteiger partial charge is 0.227 e. The third-order valence-electron chi connectivity index (χ3n) is 6.68. The minimum atomic E-state index is -0.175. The Morgan fingerprint density at radius 1 is 0.868 bits per heavy atom. The fourth-order valence-electron chi connectivity index (χ4n) is 4.72. The molecule has 8 nitrogen and oxygen atoms in total. The molecule has 0 saturated carbocycles. The topological polar surface area (TPSA) is 121 Å². The van der Waals surface area contributed by atoms with E-state index in [1.54, 1.807) is 30.7 Å². The molecule has 0 saturated heterocycles. The van der Waals surface area contributed by atoms with Gasteiger partial charge in [-0.25, -0.2) is 15.0 Å². The van der Waals surface area contributed by atoms with Gasteiger partial charge >= 0.3 is 0 Å². The van der Waals surface area contributed by atoms with Gasteiger partial charge in [-0.1, -0.05) is 24.3 Å². The van der Waals surface area contributed by atoms with Crippen molar-refractivity contribution < 1.29 is 9.52 Å². The predicted molar refractivity (Wildman–Crippen MR) is 146 cm³/mol. The Bertz CT molecular complexity index is 1880. The predicted octanol–water partition coefficient (Wildman–Crippen LogP) is 6.22. The Hall–Kier alpha value is -5.13. The van der Waals surface area contributed by atoms with E-state index >= 15 is 0 Å². The van der Waals surface area contributed by atoms with E-state index < -0.39 is 0 Å². The number of hydrogen-bond donors (Lipinski definition) is 2. The standard InChI is InChI=1S/C30H22N6O2/c1-17-21(5-3-7-23(17)30-36-26-14-19(16-37)13-20(15-31)28(26)38-30)22-6-4-8-24(18(22)2)35-29-27-25(9-10-34-29)32-11-12-33-27/h3-14,37H,16H2,1-2H3,(H,34,35). The lowest BCUT2D eigenvalue weighted by molar-refractivity contribution is 0.282. The van der Waals surface area contributed by atoms with Crippen LogP contribution in [0.25, 0.3) is 44.7 Å². The van der Waals surface area contributed by atoms with Crippen molar-refractivity contribution in [3.63, 3.8) is 0 Å². The second-order valence-electron chi connectivity index (χ2n) is 8.95. The molecule has 6 aromatic rings. The van der Waals surface area contributed by atoms with Gasteiger partial charge in [-0.15, -0.1) is 0 Å². The largest absolute Gasteiger partial charge is 0.435 e. The van der Waals surface area contributed by atoms with Gasteiger partial charge < -0.3 is 14.8 Å². The van der Waals surface area contributed by atoms with E-state index in [0.717, 1.165) is 39.0 Å². The molecule has 0 spiro atoms. The number of anilines is 2. The lowest BCUT2D eigenvalue weighted by atomic mass is 9.93.